The van der Waals surface area contributed by atoms with Crippen molar-refractivity contribution in [3.63, 3.8) is 0 Å². The average molecular weight is 406 g/mol. The van der Waals surface area contributed by atoms with Crippen LogP contribution in [0.2, 0.25) is 0 Å². The number of aryl methyl sites for hydroxylation is 1. The van der Waals surface area contributed by atoms with E-state index in [1.807, 2.05) is 30.5 Å². The maximum Gasteiger partial charge on any atom is 0.191 e. The molecule has 0 atom stereocenters. The van der Waals surface area contributed by atoms with Crippen LogP contribution in [-0.4, -0.2) is 41.5 Å². The molecule has 1 aromatic carbocycles. The Bertz CT molecular complexity index is 974. The quantitative estimate of drug-likeness (QED) is 0.482. The van der Waals surface area contributed by atoms with Crippen molar-refractivity contribution in [2.75, 3.05) is 19.6 Å². The van der Waals surface area contributed by atoms with Gasteiger partial charge in [-0.2, -0.15) is 0 Å². The number of furan rings is 1. The molecule has 1 fully saturated rings. The molecule has 0 unspecified atom stereocenters. The first-order valence-electron chi connectivity index (χ1n) is 10.9. The van der Waals surface area contributed by atoms with Crippen molar-refractivity contribution in [3.8, 4) is 0 Å². The molecule has 1 aliphatic rings. The third-order valence-electron chi connectivity index (χ3n) is 5.71. The lowest BCUT2D eigenvalue weighted by atomic mass is 10.0. The molecule has 2 N–H and O–H groups in total. The number of hydrogen-bond acceptors (Lipinski definition) is 4. The van der Waals surface area contributed by atoms with Crippen molar-refractivity contribution in [1.82, 2.24) is 20.5 Å². The van der Waals surface area contributed by atoms with Gasteiger partial charge in [0.2, 0.25) is 0 Å². The zero-order valence-electron chi connectivity index (χ0n) is 17.9. The van der Waals surface area contributed by atoms with Crippen molar-refractivity contribution >= 4 is 16.9 Å². The predicted octanol–water partition coefficient (Wildman–Crippen LogP) is 3.86. The number of aromatic nitrogens is 1. The Kier molecular flexibility index (Phi) is 6.64. The minimum Gasteiger partial charge on any atom is -0.459 e. The Labute approximate surface area is 178 Å². The standard InChI is InChI=1S/C24H31N5O/c1-3-25-24(27-16-23-18(2)21-9-4-5-10-22(21)30-23)28-19-11-14-29(15-12-19)17-20-8-6-7-13-26-20/h4-10,13,19H,3,11-12,14-17H2,1-2H3,(H2,25,27,28). The third-order valence-corrected chi connectivity index (χ3v) is 5.71. The van der Waals surface area contributed by atoms with Gasteiger partial charge < -0.3 is 15.1 Å². The summed E-state index contributed by atoms with van der Waals surface area (Å²) in [6, 6.07) is 14.7. The molecule has 3 heterocycles. The van der Waals surface area contributed by atoms with Crippen LogP contribution >= 0.6 is 0 Å². The Balaban J connectivity index is 1.34. The number of pyridine rings is 1. The molecule has 6 heteroatoms. The highest BCUT2D eigenvalue weighted by molar-refractivity contribution is 5.82. The van der Waals surface area contributed by atoms with Gasteiger partial charge in [0.1, 0.15) is 17.9 Å². The molecule has 0 saturated carbocycles. The maximum atomic E-state index is 6.01. The van der Waals surface area contributed by atoms with Gasteiger partial charge in [-0.1, -0.05) is 24.3 Å². The Morgan fingerprint density at radius 3 is 2.70 bits per heavy atom. The van der Waals surface area contributed by atoms with Crippen LogP contribution in [0.5, 0.6) is 0 Å². The maximum absolute atomic E-state index is 6.01. The summed E-state index contributed by atoms with van der Waals surface area (Å²) in [6.45, 7) is 8.63. The van der Waals surface area contributed by atoms with E-state index in [0.717, 1.165) is 62.0 Å². The number of piperidine rings is 1. The van der Waals surface area contributed by atoms with E-state index in [2.05, 4.69) is 52.6 Å². The molecular weight excluding hydrogens is 374 g/mol. The minimum atomic E-state index is 0.430. The Morgan fingerprint density at radius 1 is 1.17 bits per heavy atom. The van der Waals surface area contributed by atoms with Gasteiger partial charge >= 0.3 is 0 Å². The van der Waals surface area contributed by atoms with Crippen molar-refractivity contribution in [1.29, 1.82) is 0 Å². The van der Waals surface area contributed by atoms with Crippen molar-refractivity contribution in [2.45, 2.75) is 45.8 Å². The van der Waals surface area contributed by atoms with Crippen LogP contribution in [0.15, 0.2) is 58.1 Å². The van der Waals surface area contributed by atoms with E-state index in [1.54, 1.807) is 0 Å². The number of nitrogens with zero attached hydrogens (tertiary/aromatic N) is 3. The fourth-order valence-corrected chi connectivity index (χ4v) is 4.00. The summed E-state index contributed by atoms with van der Waals surface area (Å²) < 4.78 is 6.01. The van der Waals surface area contributed by atoms with E-state index in [-0.39, 0.29) is 0 Å². The Morgan fingerprint density at radius 2 is 1.97 bits per heavy atom. The average Bonchev–Trinajstić information content (AvgIpc) is 3.10. The fraction of sp³-hybridized carbons (Fsp3) is 0.417. The van der Waals surface area contributed by atoms with Crippen molar-refractivity contribution < 1.29 is 4.42 Å². The van der Waals surface area contributed by atoms with Crippen LogP contribution in [0.1, 0.15) is 36.8 Å². The number of hydrogen-bond donors (Lipinski definition) is 2. The molecule has 0 spiro atoms. The summed E-state index contributed by atoms with van der Waals surface area (Å²) in [6.07, 6.45) is 4.06. The molecule has 0 radical (unpaired) electrons. The third kappa shape index (κ3) is 5.00. The monoisotopic (exact) mass is 405 g/mol. The van der Waals surface area contributed by atoms with Crippen LogP contribution in [0, 0.1) is 6.92 Å². The molecule has 0 aliphatic carbocycles. The molecular formula is C24H31N5O. The Hall–Kier alpha value is -2.86. The molecule has 158 valence electrons. The number of para-hydroxylation sites is 1. The second kappa shape index (κ2) is 9.76. The number of aliphatic imine (C=N–C) groups is 1. The van der Waals surface area contributed by atoms with Crippen LogP contribution in [0.25, 0.3) is 11.0 Å². The molecule has 1 saturated heterocycles. The highest BCUT2D eigenvalue weighted by Crippen LogP contribution is 2.25. The zero-order chi connectivity index (χ0) is 20.8. The van der Waals surface area contributed by atoms with E-state index in [4.69, 9.17) is 9.41 Å². The van der Waals surface area contributed by atoms with Gasteiger partial charge in [-0.25, -0.2) is 4.99 Å². The van der Waals surface area contributed by atoms with Gasteiger partial charge in [0.25, 0.3) is 0 Å². The van der Waals surface area contributed by atoms with E-state index in [9.17, 15) is 0 Å². The largest absolute Gasteiger partial charge is 0.459 e. The lowest BCUT2D eigenvalue weighted by molar-refractivity contribution is 0.196. The van der Waals surface area contributed by atoms with Gasteiger partial charge in [0.05, 0.1) is 5.69 Å². The number of rotatable bonds is 6. The van der Waals surface area contributed by atoms with Gasteiger partial charge in [-0.15, -0.1) is 0 Å². The number of fused-ring (bicyclic) bond motifs is 1. The summed E-state index contributed by atoms with van der Waals surface area (Å²) >= 11 is 0. The summed E-state index contributed by atoms with van der Waals surface area (Å²) in [7, 11) is 0. The van der Waals surface area contributed by atoms with Crippen LogP contribution < -0.4 is 10.6 Å². The first kappa shape index (κ1) is 20.4. The van der Waals surface area contributed by atoms with Crippen molar-refractivity contribution in [3.05, 3.63) is 65.7 Å². The molecule has 3 aromatic rings. The second-order valence-electron chi connectivity index (χ2n) is 7.86. The number of likely N-dealkylation sites (tertiary alicyclic amines) is 1. The normalized spacial score (nSPS) is 16.1. The van der Waals surface area contributed by atoms with Crippen LogP contribution in [0.3, 0.4) is 0 Å². The smallest absolute Gasteiger partial charge is 0.191 e. The summed E-state index contributed by atoms with van der Waals surface area (Å²) in [5, 5.41) is 8.17. The second-order valence-corrected chi connectivity index (χ2v) is 7.86. The zero-order valence-corrected chi connectivity index (χ0v) is 17.9. The SMILES string of the molecule is CCNC(=NCc1oc2ccccc2c1C)NC1CCN(Cc2ccccn2)CC1. The molecule has 4 rings (SSSR count). The van der Waals surface area contributed by atoms with E-state index >= 15 is 0 Å². The number of guanidine groups is 1. The first-order chi connectivity index (χ1) is 14.7. The number of nitrogens with one attached hydrogen (secondary N) is 2. The fourth-order valence-electron chi connectivity index (χ4n) is 4.00. The summed E-state index contributed by atoms with van der Waals surface area (Å²) in [5.74, 6) is 1.79. The molecule has 0 amide bonds. The van der Waals surface area contributed by atoms with Gasteiger partial charge in [0.15, 0.2) is 5.96 Å². The molecule has 6 nitrogen and oxygen atoms in total. The molecule has 30 heavy (non-hydrogen) atoms. The van der Waals surface area contributed by atoms with E-state index in [1.165, 1.54) is 10.9 Å². The highest BCUT2D eigenvalue weighted by atomic mass is 16.3. The first-order valence-corrected chi connectivity index (χ1v) is 10.9. The van der Waals surface area contributed by atoms with Crippen LogP contribution in [-0.2, 0) is 13.1 Å². The summed E-state index contributed by atoms with van der Waals surface area (Å²) in [5.41, 5.74) is 3.24. The van der Waals surface area contributed by atoms with Crippen molar-refractivity contribution in [2.24, 2.45) is 4.99 Å². The minimum absolute atomic E-state index is 0.430. The highest BCUT2D eigenvalue weighted by Gasteiger charge is 2.20. The summed E-state index contributed by atoms with van der Waals surface area (Å²) in [4.78, 5) is 11.7. The van der Waals surface area contributed by atoms with Gasteiger partial charge in [-0.05, 0) is 44.9 Å². The van der Waals surface area contributed by atoms with Crippen LogP contribution in [0.4, 0.5) is 0 Å². The lowest BCUT2D eigenvalue weighted by Gasteiger charge is -2.32. The molecule has 0 bridgehead atoms. The molecule has 1 aliphatic heterocycles. The van der Waals surface area contributed by atoms with Gasteiger partial charge in [-0.3, -0.25) is 9.88 Å². The van der Waals surface area contributed by atoms with Gasteiger partial charge in [0, 0.05) is 49.4 Å². The topological polar surface area (TPSA) is 65.7 Å². The van der Waals surface area contributed by atoms with E-state index < -0.39 is 0 Å². The molecule has 2 aromatic heterocycles. The number of benzene rings is 1. The van der Waals surface area contributed by atoms with E-state index in [0.29, 0.717) is 12.6 Å². The lowest BCUT2D eigenvalue weighted by Crippen LogP contribution is -2.48. The predicted molar refractivity (Wildman–Crippen MR) is 121 cm³/mol.